The first kappa shape index (κ1) is 16.8. The van der Waals surface area contributed by atoms with E-state index < -0.39 is 0 Å². The first-order valence-electron chi connectivity index (χ1n) is 6.96. The molecule has 1 spiro atoms. The van der Waals surface area contributed by atoms with Crippen LogP contribution in [0.15, 0.2) is 17.6 Å². The summed E-state index contributed by atoms with van der Waals surface area (Å²) in [5.41, 5.74) is 0.377. The van der Waals surface area contributed by atoms with Crippen molar-refractivity contribution in [1.82, 2.24) is 10.6 Å². The summed E-state index contributed by atoms with van der Waals surface area (Å²) < 4.78 is 5.85. The van der Waals surface area contributed by atoms with Crippen LogP contribution in [0.3, 0.4) is 0 Å². The third-order valence-electron chi connectivity index (χ3n) is 4.39. The van der Waals surface area contributed by atoms with Crippen molar-refractivity contribution in [3.05, 3.63) is 12.7 Å². The summed E-state index contributed by atoms with van der Waals surface area (Å²) in [7, 11) is 1.81. The number of aliphatic imine (C=N–C) groups is 1. The van der Waals surface area contributed by atoms with E-state index in [0.717, 1.165) is 25.5 Å². The number of hydrogen-bond donors (Lipinski definition) is 2. The van der Waals surface area contributed by atoms with Crippen LogP contribution in [-0.2, 0) is 4.74 Å². The Kier molecular flexibility index (Phi) is 6.59. The Morgan fingerprint density at radius 2 is 2.26 bits per heavy atom. The molecular weight excluding hydrogens is 353 g/mol. The Balaban J connectivity index is 0.00000180. The molecule has 5 heteroatoms. The molecule has 2 aliphatic rings. The Labute approximate surface area is 133 Å². The van der Waals surface area contributed by atoms with E-state index in [2.05, 4.69) is 29.1 Å². The second-order valence-corrected chi connectivity index (χ2v) is 5.21. The van der Waals surface area contributed by atoms with Crippen LogP contribution in [-0.4, -0.2) is 38.3 Å². The van der Waals surface area contributed by atoms with Gasteiger partial charge in [0.25, 0.3) is 0 Å². The lowest BCUT2D eigenvalue weighted by Crippen LogP contribution is -2.68. The number of nitrogens with zero attached hydrogens (tertiary/aromatic N) is 1. The molecule has 2 rings (SSSR count). The highest BCUT2D eigenvalue weighted by atomic mass is 127. The van der Waals surface area contributed by atoms with Gasteiger partial charge in [-0.25, -0.2) is 0 Å². The minimum atomic E-state index is 0. The van der Waals surface area contributed by atoms with Gasteiger partial charge in [0.05, 0.1) is 6.10 Å². The molecule has 0 aromatic rings. The van der Waals surface area contributed by atoms with Crippen LogP contribution in [0.25, 0.3) is 0 Å². The molecular formula is C14H26IN3O. The monoisotopic (exact) mass is 379 g/mol. The summed E-state index contributed by atoms with van der Waals surface area (Å²) in [6.07, 6.45) is 7.30. The molecule has 0 aromatic heterocycles. The fourth-order valence-corrected chi connectivity index (χ4v) is 3.17. The Bertz CT molecular complexity index is 329. The van der Waals surface area contributed by atoms with Crippen molar-refractivity contribution in [1.29, 1.82) is 0 Å². The lowest BCUT2D eigenvalue weighted by Gasteiger charge is -2.61. The number of nitrogens with one attached hydrogen (secondary N) is 2. The second kappa shape index (κ2) is 7.47. The summed E-state index contributed by atoms with van der Waals surface area (Å²) in [6.45, 7) is 7.35. The lowest BCUT2D eigenvalue weighted by atomic mass is 9.51. The Morgan fingerprint density at radius 1 is 1.53 bits per heavy atom. The van der Waals surface area contributed by atoms with Crippen LogP contribution < -0.4 is 10.6 Å². The van der Waals surface area contributed by atoms with Crippen molar-refractivity contribution < 1.29 is 4.74 Å². The standard InChI is InChI=1S/C14H25N3O.HI/c1-4-9-16-13(15-3)17-11-10-12(18-5-2)14(11)7-6-8-14;/h4,11-12H,1,5-10H2,2-3H3,(H2,15,16,17);1H. The van der Waals surface area contributed by atoms with E-state index >= 15 is 0 Å². The fourth-order valence-electron chi connectivity index (χ4n) is 3.17. The maximum Gasteiger partial charge on any atom is 0.191 e. The summed E-state index contributed by atoms with van der Waals surface area (Å²) in [5.74, 6) is 0.876. The molecule has 2 fully saturated rings. The van der Waals surface area contributed by atoms with Crippen molar-refractivity contribution in [3.8, 4) is 0 Å². The van der Waals surface area contributed by atoms with Crippen molar-refractivity contribution in [3.63, 3.8) is 0 Å². The zero-order valence-electron chi connectivity index (χ0n) is 11.9. The van der Waals surface area contributed by atoms with Crippen LogP contribution in [0.1, 0.15) is 32.6 Å². The van der Waals surface area contributed by atoms with Crippen molar-refractivity contribution in [2.45, 2.75) is 44.8 Å². The fraction of sp³-hybridized carbons (Fsp3) is 0.786. The lowest BCUT2D eigenvalue weighted by molar-refractivity contribution is -0.168. The van der Waals surface area contributed by atoms with E-state index in [9.17, 15) is 0 Å². The van der Waals surface area contributed by atoms with Gasteiger partial charge < -0.3 is 15.4 Å². The van der Waals surface area contributed by atoms with E-state index in [4.69, 9.17) is 4.74 Å². The van der Waals surface area contributed by atoms with Crippen molar-refractivity contribution in [2.24, 2.45) is 10.4 Å². The van der Waals surface area contributed by atoms with Crippen LogP contribution in [0.2, 0.25) is 0 Å². The van der Waals surface area contributed by atoms with Gasteiger partial charge >= 0.3 is 0 Å². The maximum atomic E-state index is 5.85. The molecule has 0 aromatic carbocycles. The Hall–Kier alpha value is -0.300. The number of halogens is 1. The molecule has 2 unspecified atom stereocenters. The smallest absolute Gasteiger partial charge is 0.191 e. The molecule has 4 nitrogen and oxygen atoms in total. The van der Waals surface area contributed by atoms with E-state index in [1.54, 1.807) is 0 Å². The highest BCUT2D eigenvalue weighted by Crippen LogP contribution is 2.57. The summed E-state index contributed by atoms with van der Waals surface area (Å²) in [6, 6.07) is 0.513. The van der Waals surface area contributed by atoms with Gasteiger partial charge in [0, 0.05) is 31.7 Å². The predicted octanol–water partition coefficient (Wildman–Crippen LogP) is 2.30. The van der Waals surface area contributed by atoms with Crippen LogP contribution >= 0.6 is 24.0 Å². The highest BCUT2D eigenvalue weighted by Gasteiger charge is 2.59. The van der Waals surface area contributed by atoms with Gasteiger partial charge in [0.2, 0.25) is 0 Å². The van der Waals surface area contributed by atoms with Crippen LogP contribution in [0.5, 0.6) is 0 Å². The number of hydrogen-bond acceptors (Lipinski definition) is 2. The largest absolute Gasteiger partial charge is 0.378 e. The molecule has 0 amide bonds. The molecule has 2 N–H and O–H groups in total. The topological polar surface area (TPSA) is 45.7 Å². The van der Waals surface area contributed by atoms with Crippen LogP contribution in [0, 0.1) is 5.41 Å². The molecule has 0 aliphatic heterocycles. The normalized spacial score (nSPS) is 27.8. The Morgan fingerprint density at radius 3 is 2.74 bits per heavy atom. The highest BCUT2D eigenvalue weighted by molar-refractivity contribution is 14.0. The second-order valence-electron chi connectivity index (χ2n) is 5.21. The molecule has 0 heterocycles. The molecule has 19 heavy (non-hydrogen) atoms. The quantitative estimate of drug-likeness (QED) is 0.334. The molecule has 2 saturated carbocycles. The van der Waals surface area contributed by atoms with Gasteiger partial charge in [-0.3, -0.25) is 4.99 Å². The average Bonchev–Trinajstić information content (AvgIpc) is 2.29. The summed E-state index contributed by atoms with van der Waals surface area (Å²) >= 11 is 0. The first-order valence-corrected chi connectivity index (χ1v) is 6.96. The van der Waals surface area contributed by atoms with Gasteiger partial charge in [-0.05, 0) is 26.2 Å². The van der Waals surface area contributed by atoms with Gasteiger partial charge in [-0.2, -0.15) is 0 Å². The zero-order chi connectivity index (χ0) is 13.0. The number of rotatable bonds is 5. The predicted molar refractivity (Wildman–Crippen MR) is 90.2 cm³/mol. The van der Waals surface area contributed by atoms with Gasteiger partial charge in [-0.1, -0.05) is 12.5 Å². The van der Waals surface area contributed by atoms with Gasteiger partial charge in [-0.15, -0.1) is 30.6 Å². The van der Waals surface area contributed by atoms with E-state index in [1.807, 2.05) is 13.1 Å². The van der Waals surface area contributed by atoms with Gasteiger partial charge in [0.1, 0.15) is 0 Å². The molecule has 0 saturated heterocycles. The minimum absolute atomic E-state index is 0. The third-order valence-corrected chi connectivity index (χ3v) is 4.39. The minimum Gasteiger partial charge on any atom is -0.378 e. The van der Waals surface area contributed by atoms with Crippen molar-refractivity contribution >= 4 is 29.9 Å². The third kappa shape index (κ3) is 3.24. The number of ether oxygens (including phenoxy) is 1. The zero-order valence-corrected chi connectivity index (χ0v) is 14.3. The molecule has 110 valence electrons. The molecule has 0 bridgehead atoms. The molecule has 0 radical (unpaired) electrons. The number of guanidine groups is 1. The molecule has 2 atom stereocenters. The van der Waals surface area contributed by atoms with Crippen molar-refractivity contribution in [2.75, 3.05) is 20.2 Å². The first-order chi connectivity index (χ1) is 8.76. The van der Waals surface area contributed by atoms with E-state index in [-0.39, 0.29) is 24.0 Å². The molecule has 2 aliphatic carbocycles. The SMILES string of the molecule is C=CCNC(=NC)NC1CC(OCC)C12CCC2.I. The summed E-state index contributed by atoms with van der Waals surface area (Å²) in [4.78, 5) is 4.25. The average molecular weight is 379 g/mol. The van der Waals surface area contributed by atoms with Gasteiger partial charge in [0.15, 0.2) is 5.96 Å². The van der Waals surface area contributed by atoms with Crippen LogP contribution in [0.4, 0.5) is 0 Å². The maximum absolute atomic E-state index is 5.85. The van der Waals surface area contributed by atoms with E-state index in [0.29, 0.717) is 17.6 Å². The summed E-state index contributed by atoms with van der Waals surface area (Å²) in [5, 5.41) is 6.76. The van der Waals surface area contributed by atoms with E-state index in [1.165, 1.54) is 19.3 Å².